The SMILES string of the molecule is CN(C[C@H]1COc2ccccc2O1)C(=O)CSc1nncn1C. The maximum atomic E-state index is 12.2. The van der Waals surface area contributed by atoms with E-state index in [0.717, 1.165) is 16.7 Å². The molecule has 0 aliphatic carbocycles. The van der Waals surface area contributed by atoms with Gasteiger partial charge in [-0.3, -0.25) is 4.79 Å². The van der Waals surface area contributed by atoms with E-state index in [1.807, 2.05) is 31.3 Å². The molecule has 0 saturated heterocycles. The predicted octanol–water partition coefficient (Wildman–Crippen LogP) is 1.21. The van der Waals surface area contributed by atoms with Gasteiger partial charge in [0.15, 0.2) is 22.8 Å². The molecule has 1 amide bonds. The average molecular weight is 334 g/mol. The zero-order valence-corrected chi connectivity index (χ0v) is 13.8. The molecular formula is C15H18N4O3S. The second-order valence-corrected chi connectivity index (χ2v) is 6.23. The van der Waals surface area contributed by atoms with E-state index in [0.29, 0.717) is 18.9 Å². The summed E-state index contributed by atoms with van der Waals surface area (Å²) in [7, 11) is 3.62. The molecule has 122 valence electrons. The molecule has 3 rings (SSSR count). The van der Waals surface area contributed by atoms with Gasteiger partial charge < -0.3 is 18.9 Å². The van der Waals surface area contributed by atoms with E-state index in [4.69, 9.17) is 9.47 Å². The topological polar surface area (TPSA) is 69.5 Å². The van der Waals surface area contributed by atoms with Gasteiger partial charge in [0.05, 0.1) is 12.3 Å². The minimum atomic E-state index is -0.168. The Kier molecular flexibility index (Phi) is 4.71. The van der Waals surface area contributed by atoms with E-state index < -0.39 is 0 Å². The molecule has 2 aromatic rings. The van der Waals surface area contributed by atoms with Crippen molar-refractivity contribution in [1.29, 1.82) is 0 Å². The molecule has 0 radical (unpaired) electrons. The van der Waals surface area contributed by atoms with Crippen LogP contribution < -0.4 is 9.47 Å². The molecule has 1 aliphatic rings. The number of benzene rings is 1. The molecule has 1 atom stereocenters. The summed E-state index contributed by atoms with van der Waals surface area (Å²) in [4.78, 5) is 13.9. The number of para-hydroxylation sites is 2. The highest BCUT2D eigenvalue weighted by molar-refractivity contribution is 7.99. The minimum Gasteiger partial charge on any atom is -0.486 e. The summed E-state index contributed by atoms with van der Waals surface area (Å²) in [5.74, 6) is 1.79. The van der Waals surface area contributed by atoms with Gasteiger partial charge in [-0.15, -0.1) is 10.2 Å². The van der Waals surface area contributed by atoms with Crippen molar-refractivity contribution in [1.82, 2.24) is 19.7 Å². The second kappa shape index (κ2) is 6.91. The van der Waals surface area contributed by atoms with Gasteiger partial charge in [0.2, 0.25) is 5.91 Å². The third-order valence-corrected chi connectivity index (χ3v) is 4.48. The van der Waals surface area contributed by atoms with Gasteiger partial charge >= 0.3 is 0 Å². The van der Waals surface area contributed by atoms with E-state index in [1.54, 1.807) is 22.8 Å². The number of nitrogens with zero attached hydrogens (tertiary/aromatic N) is 4. The number of ether oxygens (including phenoxy) is 2. The van der Waals surface area contributed by atoms with Crippen LogP contribution in [0.5, 0.6) is 11.5 Å². The number of hydrogen-bond acceptors (Lipinski definition) is 6. The highest BCUT2D eigenvalue weighted by Crippen LogP contribution is 2.31. The molecule has 1 aromatic carbocycles. The largest absolute Gasteiger partial charge is 0.486 e. The number of rotatable bonds is 5. The maximum absolute atomic E-state index is 12.2. The molecular weight excluding hydrogens is 316 g/mol. The number of carbonyl (C=O) groups is 1. The fourth-order valence-corrected chi connectivity index (χ4v) is 3.03. The van der Waals surface area contributed by atoms with Crippen LogP contribution in [0.15, 0.2) is 35.7 Å². The lowest BCUT2D eigenvalue weighted by molar-refractivity contribution is -0.128. The van der Waals surface area contributed by atoms with Crippen LogP contribution in [0.4, 0.5) is 0 Å². The average Bonchev–Trinajstić information content (AvgIpc) is 2.97. The molecule has 0 bridgehead atoms. The van der Waals surface area contributed by atoms with Crippen LogP contribution in [-0.2, 0) is 11.8 Å². The lowest BCUT2D eigenvalue weighted by Crippen LogP contribution is -2.42. The summed E-state index contributed by atoms with van der Waals surface area (Å²) in [6.45, 7) is 0.914. The third-order valence-electron chi connectivity index (χ3n) is 3.47. The molecule has 0 spiro atoms. The predicted molar refractivity (Wildman–Crippen MR) is 85.7 cm³/mol. The van der Waals surface area contributed by atoms with Gasteiger partial charge in [0.1, 0.15) is 12.9 Å². The lowest BCUT2D eigenvalue weighted by atomic mass is 10.2. The lowest BCUT2D eigenvalue weighted by Gasteiger charge is -2.29. The molecule has 0 fully saturated rings. The van der Waals surface area contributed by atoms with Gasteiger partial charge in [-0.25, -0.2) is 0 Å². The Morgan fingerprint density at radius 1 is 1.43 bits per heavy atom. The molecule has 0 saturated carbocycles. The highest BCUT2D eigenvalue weighted by Gasteiger charge is 2.23. The first-order valence-electron chi connectivity index (χ1n) is 7.22. The summed E-state index contributed by atoms with van der Waals surface area (Å²) in [6, 6.07) is 7.55. The maximum Gasteiger partial charge on any atom is 0.232 e. The van der Waals surface area contributed by atoms with Gasteiger partial charge in [0.25, 0.3) is 0 Å². The van der Waals surface area contributed by atoms with Crippen molar-refractivity contribution in [2.24, 2.45) is 7.05 Å². The van der Waals surface area contributed by atoms with E-state index in [9.17, 15) is 4.79 Å². The zero-order chi connectivity index (χ0) is 16.2. The number of thioether (sulfide) groups is 1. The summed E-state index contributed by atoms with van der Waals surface area (Å²) >= 11 is 1.37. The van der Waals surface area contributed by atoms with Crippen molar-refractivity contribution in [2.45, 2.75) is 11.3 Å². The van der Waals surface area contributed by atoms with E-state index in [2.05, 4.69) is 10.2 Å². The number of aryl methyl sites for hydroxylation is 1. The normalized spacial score (nSPS) is 16.2. The Balaban J connectivity index is 1.50. The Bertz CT molecular complexity index is 691. The van der Waals surface area contributed by atoms with Crippen LogP contribution in [0.1, 0.15) is 0 Å². The smallest absolute Gasteiger partial charge is 0.232 e. The van der Waals surface area contributed by atoms with Crippen molar-refractivity contribution in [2.75, 3.05) is 26.0 Å². The van der Waals surface area contributed by atoms with E-state index >= 15 is 0 Å². The molecule has 0 unspecified atom stereocenters. The Morgan fingerprint density at radius 3 is 2.96 bits per heavy atom. The molecule has 7 nitrogen and oxygen atoms in total. The van der Waals surface area contributed by atoms with Crippen molar-refractivity contribution < 1.29 is 14.3 Å². The minimum absolute atomic E-state index is 0.0143. The molecule has 1 aromatic heterocycles. The number of likely N-dealkylation sites (N-methyl/N-ethyl adjacent to an activating group) is 1. The fraction of sp³-hybridized carbons (Fsp3) is 0.400. The first-order chi connectivity index (χ1) is 11.1. The van der Waals surface area contributed by atoms with Crippen LogP contribution in [0.2, 0.25) is 0 Å². The number of hydrogen-bond donors (Lipinski definition) is 0. The number of amides is 1. The van der Waals surface area contributed by atoms with E-state index in [-0.39, 0.29) is 12.0 Å². The third kappa shape index (κ3) is 3.76. The van der Waals surface area contributed by atoms with Gasteiger partial charge in [0, 0.05) is 14.1 Å². The quantitative estimate of drug-likeness (QED) is 0.766. The Morgan fingerprint density at radius 2 is 2.22 bits per heavy atom. The number of fused-ring (bicyclic) bond motifs is 1. The van der Waals surface area contributed by atoms with Crippen LogP contribution in [0.25, 0.3) is 0 Å². The van der Waals surface area contributed by atoms with Crippen LogP contribution in [0, 0.1) is 0 Å². The first-order valence-corrected chi connectivity index (χ1v) is 8.21. The zero-order valence-electron chi connectivity index (χ0n) is 13.0. The fourth-order valence-electron chi connectivity index (χ4n) is 2.20. The van der Waals surface area contributed by atoms with E-state index in [1.165, 1.54) is 11.8 Å². The standard InChI is InChI=1S/C15H18N4O3S/c1-18(14(20)9-23-15-17-16-10-19(15)2)7-11-8-21-12-5-3-4-6-13(12)22-11/h3-6,10-11H,7-9H2,1-2H3/t11-/m0/s1. The van der Waals surface area contributed by atoms with Crippen molar-refractivity contribution >= 4 is 17.7 Å². The summed E-state index contributed by atoms with van der Waals surface area (Å²) in [6.07, 6.45) is 1.44. The number of aromatic nitrogens is 3. The molecule has 23 heavy (non-hydrogen) atoms. The molecule has 2 heterocycles. The van der Waals surface area contributed by atoms with Gasteiger partial charge in [-0.1, -0.05) is 23.9 Å². The number of carbonyl (C=O) groups excluding carboxylic acids is 1. The van der Waals surface area contributed by atoms with Crippen molar-refractivity contribution in [3.63, 3.8) is 0 Å². The van der Waals surface area contributed by atoms with Crippen LogP contribution in [0.3, 0.4) is 0 Å². The summed E-state index contributed by atoms with van der Waals surface area (Å²) in [5, 5.41) is 8.46. The monoisotopic (exact) mass is 334 g/mol. The summed E-state index contributed by atoms with van der Waals surface area (Å²) in [5.41, 5.74) is 0. The molecule has 1 aliphatic heterocycles. The highest BCUT2D eigenvalue weighted by atomic mass is 32.2. The molecule has 8 heteroatoms. The van der Waals surface area contributed by atoms with Crippen molar-refractivity contribution in [3.05, 3.63) is 30.6 Å². The van der Waals surface area contributed by atoms with Crippen LogP contribution >= 0.6 is 11.8 Å². The molecule has 0 N–H and O–H groups in total. The first kappa shape index (κ1) is 15.7. The Labute approximate surface area is 138 Å². The van der Waals surface area contributed by atoms with Gasteiger partial charge in [-0.2, -0.15) is 0 Å². The van der Waals surface area contributed by atoms with Gasteiger partial charge in [-0.05, 0) is 12.1 Å². The Hall–Kier alpha value is -2.22. The summed E-state index contributed by atoms with van der Waals surface area (Å²) < 4.78 is 13.3. The van der Waals surface area contributed by atoms with Crippen LogP contribution in [-0.4, -0.2) is 57.6 Å². The van der Waals surface area contributed by atoms with Crippen molar-refractivity contribution in [3.8, 4) is 11.5 Å². The second-order valence-electron chi connectivity index (χ2n) is 5.28.